The summed E-state index contributed by atoms with van der Waals surface area (Å²) >= 11 is 0. The van der Waals surface area contributed by atoms with Crippen molar-refractivity contribution in [3.63, 3.8) is 0 Å². The summed E-state index contributed by atoms with van der Waals surface area (Å²) in [4.78, 5) is 0. The van der Waals surface area contributed by atoms with Crippen LogP contribution in [-0.2, 0) is 11.2 Å². The van der Waals surface area contributed by atoms with Crippen LogP contribution in [0.4, 0.5) is 0 Å². The average Bonchev–Trinajstić information content (AvgIpc) is 2.34. The Morgan fingerprint density at radius 2 is 1.62 bits per heavy atom. The Bertz CT molecular complexity index is 243. The van der Waals surface area contributed by atoms with Gasteiger partial charge in [-0.1, -0.05) is 62.9 Å². The van der Waals surface area contributed by atoms with Crippen molar-refractivity contribution in [2.75, 3.05) is 13.2 Å². The highest BCUT2D eigenvalue weighted by Crippen LogP contribution is 2.03. The lowest BCUT2D eigenvalue weighted by Crippen LogP contribution is -2.00. The zero-order valence-corrected chi connectivity index (χ0v) is 10.5. The van der Waals surface area contributed by atoms with Gasteiger partial charge in [-0.15, -0.1) is 0 Å². The van der Waals surface area contributed by atoms with Gasteiger partial charge in [-0.2, -0.15) is 0 Å². The van der Waals surface area contributed by atoms with Gasteiger partial charge in [0.05, 0.1) is 6.61 Å². The molecule has 0 fully saturated rings. The van der Waals surface area contributed by atoms with Gasteiger partial charge in [-0.25, -0.2) is 0 Å². The summed E-state index contributed by atoms with van der Waals surface area (Å²) in [5.41, 5.74) is 1.37. The number of benzene rings is 1. The van der Waals surface area contributed by atoms with E-state index in [0.29, 0.717) is 0 Å². The van der Waals surface area contributed by atoms with E-state index in [2.05, 4.69) is 37.3 Å². The lowest BCUT2D eigenvalue weighted by Gasteiger charge is -2.04. The van der Waals surface area contributed by atoms with Crippen LogP contribution in [0.2, 0.25) is 0 Å². The first-order valence-corrected chi connectivity index (χ1v) is 6.55. The highest BCUT2D eigenvalue weighted by atomic mass is 16.5. The predicted octanol–water partition coefficient (Wildman–Crippen LogP) is 4.22. The van der Waals surface area contributed by atoms with Crippen molar-refractivity contribution in [2.45, 2.75) is 45.4 Å². The number of hydrogen-bond donors (Lipinski definition) is 0. The van der Waals surface area contributed by atoms with E-state index < -0.39 is 0 Å². The molecule has 0 aromatic heterocycles. The van der Waals surface area contributed by atoms with Crippen molar-refractivity contribution < 1.29 is 4.74 Å². The number of ether oxygens (including phenoxy) is 1. The topological polar surface area (TPSA) is 9.23 Å². The van der Waals surface area contributed by atoms with E-state index in [-0.39, 0.29) is 0 Å². The molecule has 16 heavy (non-hydrogen) atoms. The summed E-state index contributed by atoms with van der Waals surface area (Å²) in [6.45, 7) is 4.03. The lowest BCUT2D eigenvalue weighted by atomic mass is 10.1. The summed E-state index contributed by atoms with van der Waals surface area (Å²) in [6, 6.07) is 10.5. The van der Waals surface area contributed by atoms with E-state index in [1.165, 1.54) is 37.7 Å². The molecule has 0 atom stereocenters. The van der Waals surface area contributed by atoms with Crippen LogP contribution < -0.4 is 0 Å². The fraction of sp³-hybridized carbons (Fsp3) is 0.600. The Kier molecular flexibility index (Phi) is 7.79. The Hall–Kier alpha value is -0.820. The molecule has 0 radical (unpaired) electrons. The quantitative estimate of drug-likeness (QED) is 0.566. The van der Waals surface area contributed by atoms with Gasteiger partial charge in [-0.05, 0) is 18.4 Å². The van der Waals surface area contributed by atoms with E-state index in [0.717, 1.165) is 19.6 Å². The van der Waals surface area contributed by atoms with E-state index in [4.69, 9.17) is 4.74 Å². The maximum Gasteiger partial charge on any atom is 0.0506 e. The predicted molar refractivity (Wildman–Crippen MR) is 69.7 cm³/mol. The van der Waals surface area contributed by atoms with Crippen LogP contribution in [0.5, 0.6) is 0 Å². The molecule has 0 amide bonds. The molecule has 1 aromatic rings. The normalized spacial score (nSPS) is 10.6. The Morgan fingerprint density at radius 3 is 2.38 bits per heavy atom. The van der Waals surface area contributed by atoms with Gasteiger partial charge in [0.25, 0.3) is 0 Å². The van der Waals surface area contributed by atoms with Gasteiger partial charge in [-0.3, -0.25) is 0 Å². The largest absolute Gasteiger partial charge is 0.381 e. The molecular weight excluding hydrogens is 196 g/mol. The minimum absolute atomic E-state index is 0.859. The number of unbranched alkanes of at least 4 members (excludes halogenated alkanes) is 4. The SMILES string of the molecule is CCCCCCCOCCc1ccccc1. The molecule has 0 aliphatic carbocycles. The molecule has 0 N–H and O–H groups in total. The highest BCUT2D eigenvalue weighted by molar-refractivity contribution is 5.14. The summed E-state index contributed by atoms with van der Waals surface area (Å²) < 4.78 is 5.62. The van der Waals surface area contributed by atoms with Gasteiger partial charge >= 0.3 is 0 Å². The molecular formula is C15H24O. The first kappa shape index (κ1) is 13.2. The van der Waals surface area contributed by atoms with Gasteiger partial charge in [0.2, 0.25) is 0 Å². The minimum atomic E-state index is 0.859. The molecule has 0 spiro atoms. The number of rotatable bonds is 9. The van der Waals surface area contributed by atoms with Crippen LogP contribution >= 0.6 is 0 Å². The number of hydrogen-bond acceptors (Lipinski definition) is 1. The van der Waals surface area contributed by atoms with Crippen LogP contribution in [0.3, 0.4) is 0 Å². The van der Waals surface area contributed by atoms with Crippen molar-refractivity contribution >= 4 is 0 Å². The second kappa shape index (κ2) is 9.41. The van der Waals surface area contributed by atoms with Crippen molar-refractivity contribution in [1.29, 1.82) is 0 Å². The van der Waals surface area contributed by atoms with Gasteiger partial charge in [0.15, 0.2) is 0 Å². The van der Waals surface area contributed by atoms with Gasteiger partial charge in [0, 0.05) is 6.61 Å². The van der Waals surface area contributed by atoms with Crippen LogP contribution in [0.1, 0.15) is 44.6 Å². The van der Waals surface area contributed by atoms with Gasteiger partial charge in [0.1, 0.15) is 0 Å². The maximum atomic E-state index is 5.62. The molecule has 0 bridgehead atoms. The molecule has 0 aliphatic heterocycles. The molecule has 0 saturated carbocycles. The Morgan fingerprint density at radius 1 is 0.875 bits per heavy atom. The lowest BCUT2D eigenvalue weighted by molar-refractivity contribution is 0.133. The fourth-order valence-corrected chi connectivity index (χ4v) is 1.74. The standard InChI is InChI=1S/C15H24O/c1-2-3-4-5-9-13-16-14-12-15-10-7-6-8-11-15/h6-8,10-11H,2-5,9,12-14H2,1H3. The second-order valence-corrected chi connectivity index (χ2v) is 4.26. The molecule has 1 nitrogen and oxygen atoms in total. The summed E-state index contributed by atoms with van der Waals surface area (Å²) in [5, 5.41) is 0. The zero-order valence-electron chi connectivity index (χ0n) is 10.5. The van der Waals surface area contributed by atoms with E-state index in [1.807, 2.05) is 0 Å². The van der Waals surface area contributed by atoms with Crippen molar-refractivity contribution in [1.82, 2.24) is 0 Å². The van der Waals surface area contributed by atoms with Crippen LogP contribution in [0, 0.1) is 0 Å². The molecule has 90 valence electrons. The Labute approximate surface area is 99.8 Å². The van der Waals surface area contributed by atoms with E-state index in [1.54, 1.807) is 0 Å². The van der Waals surface area contributed by atoms with E-state index in [9.17, 15) is 0 Å². The minimum Gasteiger partial charge on any atom is -0.381 e. The summed E-state index contributed by atoms with van der Waals surface area (Å²) in [5.74, 6) is 0. The Balaban J connectivity index is 1.89. The third kappa shape index (κ3) is 6.62. The molecule has 1 rings (SSSR count). The third-order valence-electron chi connectivity index (χ3n) is 2.77. The van der Waals surface area contributed by atoms with E-state index >= 15 is 0 Å². The molecule has 0 saturated heterocycles. The van der Waals surface area contributed by atoms with Gasteiger partial charge < -0.3 is 4.74 Å². The molecule has 1 heteroatoms. The zero-order chi connectivity index (χ0) is 11.5. The summed E-state index contributed by atoms with van der Waals surface area (Å²) in [7, 11) is 0. The monoisotopic (exact) mass is 220 g/mol. The molecule has 1 aromatic carbocycles. The first-order valence-electron chi connectivity index (χ1n) is 6.55. The van der Waals surface area contributed by atoms with Crippen LogP contribution in [0.15, 0.2) is 30.3 Å². The molecule has 0 aliphatic rings. The molecule has 0 heterocycles. The first-order chi connectivity index (χ1) is 7.93. The third-order valence-corrected chi connectivity index (χ3v) is 2.77. The second-order valence-electron chi connectivity index (χ2n) is 4.26. The fourth-order valence-electron chi connectivity index (χ4n) is 1.74. The average molecular weight is 220 g/mol. The summed E-state index contributed by atoms with van der Waals surface area (Å²) in [6.07, 6.45) is 7.61. The maximum absolute atomic E-state index is 5.62. The van der Waals surface area contributed by atoms with Crippen molar-refractivity contribution in [3.05, 3.63) is 35.9 Å². The van der Waals surface area contributed by atoms with Crippen LogP contribution in [0.25, 0.3) is 0 Å². The highest BCUT2D eigenvalue weighted by Gasteiger charge is 1.92. The smallest absolute Gasteiger partial charge is 0.0506 e. The van der Waals surface area contributed by atoms with Crippen LogP contribution in [-0.4, -0.2) is 13.2 Å². The van der Waals surface area contributed by atoms with Crippen molar-refractivity contribution in [2.24, 2.45) is 0 Å². The van der Waals surface area contributed by atoms with Crippen molar-refractivity contribution in [3.8, 4) is 0 Å². The molecule has 0 unspecified atom stereocenters.